The molecule has 5 rings (SSSR count). The molecule has 0 bridgehead atoms. The van der Waals surface area contributed by atoms with Crippen LogP contribution >= 0.6 is 23.5 Å². The first-order chi connectivity index (χ1) is 17.4. The number of hydrogen-bond donors (Lipinski definition) is 2. The molecular weight excluding hydrogens is 537 g/mol. The van der Waals surface area contributed by atoms with Crippen molar-refractivity contribution >= 4 is 52.7 Å². The van der Waals surface area contributed by atoms with E-state index < -0.39 is 34.9 Å². The van der Waals surface area contributed by atoms with Gasteiger partial charge in [-0.1, -0.05) is 5.16 Å². The van der Waals surface area contributed by atoms with E-state index in [1.54, 1.807) is 18.2 Å². The van der Waals surface area contributed by atoms with E-state index in [1.165, 1.54) is 43.0 Å². The Bertz CT molecular complexity index is 1480. The summed E-state index contributed by atoms with van der Waals surface area (Å²) in [6, 6.07) is 5.36. The SMILES string of the molecule is CO/N=C(\C(=O)NC1C(=O)N2C(C(=O)[O-])=C(CSc3ccc4n[nH]c(=O)n4n3)CS[C@@H]12)c1ccco1.[Na+]. The Morgan fingerprint density at radius 1 is 1.38 bits per heavy atom. The fourth-order valence-corrected chi connectivity index (χ4v) is 6.06. The maximum atomic E-state index is 12.9. The first-order valence-corrected chi connectivity index (χ1v) is 12.3. The number of hydrogen-bond acceptors (Lipinski definition) is 12. The van der Waals surface area contributed by atoms with Gasteiger partial charge in [-0.2, -0.15) is 14.7 Å². The molecule has 3 aromatic heterocycles. The molecule has 0 radical (unpaired) electrons. The Morgan fingerprint density at radius 2 is 2.19 bits per heavy atom. The summed E-state index contributed by atoms with van der Waals surface area (Å²) in [5.41, 5.74) is -0.0927. The van der Waals surface area contributed by atoms with Crippen LogP contribution in [0.4, 0.5) is 0 Å². The topological polar surface area (TPSA) is 187 Å². The summed E-state index contributed by atoms with van der Waals surface area (Å²) < 4.78 is 6.29. The summed E-state index contributed by atoms with van der Waals surface area (Å²) in [7, 11) is 1.26. The number of nitrogens with one attached hydrogen (secondary N) is 2. The summed E-state index contributed by atoms with van der Waals surface area (Å²) in [5, 5.41) is 28.3. The zero-order valence-electron chi connectivity index (χ0n) is 19.4. The average molecular weight is 554 g/mol. The minimum absolute atomic E-state index is 0. The minimum Gasteiger partial charge on any atom is -0.543 e. The van der Waals surface area contributed by atoms with Gasteiger partial charge in [-0.05, 0) is 29.8 Å². The van der Waals surface area contributed by atoms with E-state index in [0.717, 1.165) is 9.42 Å². The van der Waals surface area contributed by atoms with Gasteiger partial charge in [-0.25, -0.2) is 9.89 Å². The van der Waals surface area contributed by atoms with E-state index in [2.05, 4.69) is 25.8 Å². The Morgan fingerprint density at radius 3 is 2.89 bits per heavy atom. The van der Waals surface area contributed by atoms with Crippen LogP contribution in [0.2, 0.25) is 0 Å². The van der Waals surface area contributed by atoms with Crippen LogP contribution < -0.4 is 45.7 Å². The molecule has 0 spiro atoms. The number of nitrogens with zero attached hydrogens (tertiary/aromatic N) is 5. The zero-order valence-corrected chi connectivity index (χ0v) is 23.0. The second-order valence-electron chi connectivity index (χ2n) is 7.46. The number of thioether (sulfide) groups is 2. The van der Waals surface area contributed by atoms with Crippen molar-refractivity contribution in [2.24, 2.45) is 5.16 Å². The number of carbonyl (C=O) groups excluding carboxylic acids is 3. The van der Waals surface area contributed by atoms with Gasteiger partial charge < -0.3 is 24.5 Å². The number of carbonyl (C=O) groups is 3. The van der Waals surface area contributed by atoms with Crippen LogP contribution in [0.1, 0.15) is 5.76 Å². The number of carboxylic acids is 1. The molecule has 14 nitrogen and oxygen atoms in total. The average Bonchev–Trinajstić information content (AvgIpc) is 3.53. The zero-order chi connectivity index (χ0) is 25.4. The van der Waals surface area contributed by atoms with Crippen LogP contribution in [0.5, 0.6) is 0 Å². The summed E-state index contributed by atoms with van der Waals surface area (Å²) >= 11 is 2.50. The van der Waals surface area contributed by atoms with Crippen LogP contribution in [-0.2, 0) is 19.2 Å². The largest absolute Gasteiger partial charge is 1.00 e. The number of carboxylic acid groups (broad SMARTS) is 1. The van der Waals surface area contributed by atoms with E-state index in [1.807, 2.05) is 0 Å². The number of aromatic amines is 1. The molecule has 37 heavy (non-hydrogen) atoms. The van der Waals surface area contributed by atoms with Gasteiger partial charge in [0.15, 0.2) is 11.4 Å². The van der Waals surface area contributed by atoms with Gasteiger partial charge in [0.2, 0.25) is 5.71 Å². The second kappa shape index (κ2) is 11.1. The van der Waals surface area contributed by atoms with E-state index in [0.29, 0.717) is 16.2 Å². The van der Waals surface area contributed by atoms with Crippen LogP contribution in [0.15, 0.2) is 61.2 Å². The van der Waals surface area contributed by atoms with Crippen LogP contribution in [0.25, 0.3) is 5.65 Å². The third-order valence-corrected chi connectivity index (χ3v) is 7.67. The van der Waals surface area contributed by atoms with Crippen molar-refractivity contribution in [2.75, 3.05) is 18.6 Å². The van der Waals surface area contributed by atoms with E-state index in [4.69, 9.17) is 9.25 Å². The maximum Gasteiger partial charge on any atom is 1.00 e. The Labute approximate surface area is 238 Å². The molecule has 186 valence electrons. The first kappa shape index (κ1) is 27.0. The van der Waals surface area contributed by atoms with Gasteiger partial charge in [0.1, 0.15) is 23.6 Å². The van der Waals surface area contributed by atoms with E-state index in [-0.39, 0.29) is 58.2 Å². The van der Waals surface area contributed by atoms with Crippen molar-refractivity contribution in [2.45, 2.75) is 16.4 Å². The fraction of sp³-hybridized carbons (Fsp3) is 0.250. The number of rotatable bonds is 8. The molecule has 0 saturated carbocycles. The van der Waals surface area contributed by atoms with Crippen molar-refractivity contribution in [3.05, 3.63) is 58.0 Å². The number of furan rings is 1. The molecule has 0 aromatic carbocycles. The van der Waals surface area contributed by atoms with Gasteiger partial charge in [-0.15, -0.1) is 23.5 Å². The normalized spacial score (nSPS) is 19.2. The molecule has 2 atom stereocenters. The van der Waals surface area contributed by atoms with Gasteiger partial charge in [0, 0.05) is 11.5 Å². The second-order valence-corrected chi connectivity index (χ2v) is 9.56. The van der Waals surface area contributed by atoms with Gasteiger partial charge in [0.05, 0.1) is 17.9 Å². The monoisotopic (exact) mass is 553 g/mol. The molecule has 2 aliphatic rings. The maximum absolute atomic E-state index is 12.9. The number of aromatic nitrogens is 4. The smallest absolute Gasteiger partial charge is 0.543 e. The van der Waals surface area contributed by atoms with Gasteiger partial charge >= 0.3 is 35.2 Å². The molecule has 2 aliphatic heterocycles. The van der Waals surface area contributed by atoms with E-state index in [9.17, 15) is 24.3 Å². The van der Waals surface area contributed by atoms with Crippen molar-refractivity contribution in [1.29, 1.82) is 0 Å². The number of H-pyrrole nitrogens is 1. The van der Waals surface area contributed by atoms with E-state index >= 15 is 0 Å². The predicted molar refractivity (Wildman–Crippen MR) is 124 cm³/mol. The summed E-state index contributed by atoms with van der Waals surface area (Å²) in [6.07, 6.45) is 1.36. The third kappa shape index (κ3) is 5.06. The summed E-state index contributed by atoms with van der Waals surface area (Å²) in [6.45, 7) is 0. The van der Waals surface area contributed by atoms with Crippen LogP contribution in [0, 0.1) is 0 Å². The molecule has 1 unspecified atom stereocenters. The molecule has 1 saturated heterocycles. The third-order valence-electron chi connectivity index (χ3n) is 5.32. The molecular formula is C20H16N7NaO7S2. The molecule has 17 heteroatoms. The molecule has 3 aromatic rings. The number of β-lactam (4-membered cyclic amide) rings is 1. The summed E-state index contributed by atoms with van der Waals surface area (Å²) in [5.74, 6) is -2.18. The van der Waals surface area contributed by atoms with Crippen molar-refractivity contribution in [1.82, 2.24) is 30.0 Å². The summed E-state index contributed by atoms with van der Waals surface area (Å²) in [4.78, 5) is 55.2. The number of amides is 2. The van der Waals surface area contributed by atoms with Gasteiger partial charge in [-0.3, -0.25) is 14.5 Å². The molecule has 2 N–H and O–H groups in total. The standard InChI is InChI=1S/C20H17N7O7S2.Na/c1-33-25-13(10-3-2-6-34-10)16(28)21-14-17(29)26-15(19(30)31)9(8-36-18(14)26)7-35-12-5-4-11-22-23-20(32)27(11)24-12;/h2-6,14,18H,7-8H2,1H3,(H,21,28)(H,23,32)(H,30,31);/q;+1/p-1/b25-13-;/t14?,18-;/m0./s1. The minimum atomic E-state index is -1.50. The molecule has 0 aliphatic carbocycles. The fourth-order valence-electron chi connectivity index (χ4n) is 3.72. The Kier molecular flexibility index (Phi) is 8.13. The molecule has 1 fully saturated rings. The van der Waals surface area contributed by atoms with Crippen molar-refractivity contribution in [3.8, 4) is 0 Å². The Balaban J connectivity index is 0.00000320. The number of aliphatic carboxylic acids is 1. The molecule has 2 amide bonds. The van der Waals surface area contributed by atoms with Crippen LogP contribution in [0.3, 0.4) is 0 Å². The van der Waals surface area contributed by atoms with Crippen molar-refractivity contribution < 1.29 is 58.3 Å². The number of fused-ring (bicyclic) bond motifs is 2. The predicted octanol–water partition coefficient (Wildman–Crippen LogP) is -4.44. The van der Waals surface area contributed by atoms with Crippen LogP contribution in [-0.4, -0.2) is 78.2 Å². The van der Waals surface area contributed by atoms with Gasteiger partial charge in [0.25, 0.3) is 11.8 Å². The first-order valence-electron chi connectivity index (χ1n) is 10.3. The quantitative estimate of drug-likeness (QED) is 0.0901. The molecule has 5 heterocycles. The van der Waals surface area contributed by atoms with Crippen molar-refractivity contribution in [3.63, 3.8) is 0 Å². The number of oxime groups is 1. The Hall–Kier alpha value is -3.05.